The van der Waals surface area contributed by atoms with Crippen LogP contribution in [0.3, 0.4) is 0 Å². The third-order valence-corrected chi connectivity index (χ3v) is 4.99. The van der Waals surface area contributed by atoms with Gasteiger partial charge in [-0.05, 0) is 49.1 Å². The third-order valence-electron chi connectivity index (χ3n) is 4.99. The highest BCUT2D eigenvalue weighted by Gasteiger charge is 2.29. The minimum atomic E-state index is -1.10. The van der Waals surface area contributed by atoms with Crippen LogP contribution in [0.15, 0.2) is 42.7 Å². The first-order chi connectivity index (χ1) is 14.2. The van der Waals surface area contributed by atoms with Gasteiger partial charge in [-0.2, -0.15) is 5.26 Å². The van der Waals surface area contributed by atoms with Gasteiger partial charge in [0.05, 0.1) is 22.1 Å². The number of ether oxygens (including phenoxy) is 1. The predicted molar refractivity (Wildman–Crippen MR) is 115 cm³/mol. The van der Waals surface area contributed by atoms with E-state index in [0.717, 1.165) is 22.2 Å². The molecule has 156 valence electrons. The van der Waals surface area contributed by atoms with Gasteiger partial charge in [0, 0.05) is 25.0 Å². The second-order valence-electron chi connectivity index (χ2n) is 8.22. The van der Waals surface area contributed by atoms with E-state index in [1.165, 1.54) is 0 Å². The van der Waals surface area contributed by atoms with Gasteiger partial charge in [0.1, 0.15) is 18.4 Å². The van der Waals surface area contributed by atoms with Gasteiger partial charge in [0.15, 0.2) is 0 Å². The van der Waals surface area contributed by atoms with Gasteiger partial charge in [-0.3, -0.25) is 4.98 Å². The summed E-state index contributed by atoms with van der Waals surface area (Å²) in [6.45, 7) is 5.99. The number of hydrogen-bond donors (Lipinski definition) is 2. The number of benzene rings is 1. The van der Waals surface area contributed by atoms with Crippen LogP contribution in [0.1, 0.15) is 32.8 Å². The van der Waals surface area contributed by atoms with Crippen molar-refractivity contribution in [1.29, 1.82) is 5.26 Å². The molecule has 0 radical (unpaired) electrons. The van der Waals surface area contributed by atoms with E-state index in [1.807, 2.05) is 56.8 Å². The van der Waals surface area contributed by atoms with Crippen LogP contribution in [0.25, 0.3) is 22.2 Å². The van der Waals surface area contributed by atoms with Crippen molar-refractivity contribution in [2.24, 2.45) is 13.0 Å². The number of rotatable bonds is 7. The Morgan fingerprint density at radius 2 is 2.13 bits per heavy atom. The van der Waals surface area contributed by atoms with E-state index in [0.29, 0.717) is 17.7 Å². The van der Waals surface area contributed by atoms with Crippen LogP contribution < -0.4 is 10.1 Å². The predicted octanol–water partition coefficient (Wildman–Crippen LogP) is 4.56. The highest BCUT2D eigenvalue weighted by Crippen LogP contribution is 2.31. The first-order valence-electron chi connectivity index (χ1n) is 9.81. The summed E-state index contributed by atoms with van der Waals surface area (Å²) in [5.74, 6) is 0.711. The molecule has 1 aromatic carbocycles. The highest BCUT2D eigenvalue weighted by atomic mass is 16.5. The van der Waals surface area contributed by atoms with Crippen molar-refractivity contribution in [2.45, 2.75) is 32.7 Å². The van der Waals surface area contributed by atoms with Crippen LogP contribution in [0.5, 0.6) is 5.75 Å². The van der Waals surface area contributed by atoms with Gasteiger partial charge in [-0.1, -0.05) is 19.9 Å². The molecule has 30 heavy (non-hydrogen) atoms. The Kier molecular flexibility index (Phi) is 5.97. The van der Waals surface area contributed by atoms with Crippen molar-refractivity contribution in [1.82, 2.24) is 14.9 Å². The van der Waals surface area contributed by atoms with Crippen molar-refractivity contribution in [3.05, 3.63) is 48.3 Å². The van der Waals surface area contributed by atoms with E-state index < -0.39 is 11.6 Å². The third kappa shape index (κ3) is 4.54. The molecule has 0 saturated carbocycles. The van der Waals surface area contributed by atoms with Gasteiger partial charge < -0.3 is 19.7 Å². The first-order valence-corrected chi connectivity index (χ1v) is 9.81. The summed E-state index contributed by atoms with van der Waals surface area (Å²) in [5, 5.41) is 21.4. The maximum absolute atomic E-state index is 11.2. The fourth-order valence-corrected chi connectivity index (χ4v) is 3.91. The lowest BCUT2D eigenvalue weighted by molar-refractivity contribution is 0.143. The average molecular weight is 406 g/mol. The Hall–Kier alpha value is -3.53. The second-order valence-corrected chi connectivity index (χ2v) is 8.22. The Morgan fingerprint density at radius 3 is 2.80 bits per heavy atom. The number of pyridine rings is 1. The molecule has 0 aliphatic heterocycles. The Morgan fingerprint density at radius 1 is 1.37 bits per heavy atom. The number of carboxylic acid groups (broad SMARTS) is 1. The van der Waals surface area contributed by atoms with E-state index in [-0.39, 0.29) is 12.5 Å². The Balaban J connectivity index is 1.90. The van der Waals surface area contributed by atoms with Crippen LogP contribution in [-0.2, 0) is 7.05 Å². The maximum Gasteiger partial charge on any atom is 0.405 e. The molecule has 3 aromatic rings. The fourth-order valence-electron chi connectivity index (χ4n) is 3.91. The van der Waals surface area contributed by atoms with Crippen LogP contribution in [0, 0.1) is 17.2 Å². The summed E-state index contributed by atoms with van der Waals surface area (Å²) in [4.78, 5) is 15.6. The quantitative estimate of drug-likeness (QED) is 0.599. The minimum Gasteiger partial charge on any atom is -0.490 e. The standard InChI is InChI=1S/C23H26N4O3/c1-15(2)12-23(3,26-22(28)29)14-30-20-6-5-16(11-17(20)13-24)18-7-9-25-19-8-10-27(4)21(18)19/h5-11,15,26H,12,14H2,1-4H3,(H,28,29). The lowest BCUT2D eigenvalue weighted by atomic mass is 9.91. The van der Waals surface area contributed by atoms with E-state index in [2.05, 4.69) is 16.4 Å². The highest BCUT2D eigenvalue weighted by molar-refractivity contribution is 5.92. The number of aryl methyl sites for hydroxylation is 1. The van der Waals surface area contributed by atoms with Crippen molar-refractivity contribution >= 4 is 17.1 Å². The zero-order valence-corrected chi connectivity index (χ0v) is 17.6. The van der Waals surface area contributed by atoms with Gasteiger partial charge in [-0.15, -0.1) is 0 Å². The summed E-state index contributed by atoms with van der Waals surface area (Å²) in [6, 6.07) is 11.5. The summed E-state index contributed by atoms with van der Waals surface area (Å²) >= 11 is 0. The lowest BCUT2D eigenvalue weighted by Crippen LogP contribution is -2.50. The SMILES string of the molecule is CC(C)CC(C)(COc1ccc(-c2ccnc3ccn(C)c23)cc1C#N)NC(=O)O. The van der Waals surface area contributed by atoms with Gasteiger partial charge in [-0.25, -0.2) is 4.79 Å². The second kappa shape index (κ2) is 8.46. The Labute approximate surface area is 175 Å². The molecule has 7 nitrogen and oxygen atoms in total. The molecule has 2 N–H and O–H groups in total. The normalized spacial score (nSPS) is 13.1. The maximum atomic E-state index is 11.2. The molecule has 0 aliphatic rings. The molecule has 7 heteroatoms. The fraction of sp³-hybridized carbons (Fsp3) is 0.348. The van der Waals surface area contributed by atoms with Gasteiger partial charge in [0.2, 0.25) is 0 Å². The Bertz CT molecular complexity index is 1110. The molecule has 1 unspecified atom stereocenters. The van der Waals surface area contributed by atoms with Gasteiger partial charge >= 0.3 is 6.09 Å². The first kappa shape index (κ1) is 21.2. The van der Waals surface area contributed by atoms with Crippen molar-refractivity contribution in [3.63, 3.8) is 0 Å². The number of nitrogens with zero attached hydrogens (tertiary/aromatic N) is 3. The molecular weight excluding hydrogens is 380 g/mol. The molecule has 2 aromatic heterocycles. The summed E-state index contributed by atoms with van der Waals surface area (Å²) < 4.78 is 7.92. The molecule has 0 bridgehead atoms. The number of carbonyl (C=O) groups is 1. The van der Waals surface area contributed by atoms with Crippen molar-refractivity contribution in [2.75, 3.05) is 6.61 Å². The monoisotopic (exact) mass is 406 g/mol. The van der Waals surface area contributed by atoms with Gasteiger partial charge in [0.25, 0.3) is 0 Å². The minimum absolute atomic E-state index is 0.128. The topological polar surface area (TPSA) is 100 Å². The van der Waals surface area contributed by atoms with Crippen molar-refractivity contribution in [3.8, 4) is 22.9 Å². The molecule has 1 amide bonds. The van der Waals surface area contributed by atoms with Crippen LogP contribution in [0.2, 0.25) is 0 Å². The largest absolute Gasteiger partial charge is 0.490 e. The van der Waals surface area contributed by atoms with Crippen LogP contribution in [-0.4, -0.2) is 32.9 Å². The number of hydrogen-bond acceptors (Lipinski definition) is 4. The summed E-state index contributed by atoms with van der Waals surface area (Å²) in [7, 11) is 1.96. The molecular formula is C23H26N4O3. The molecule has 1 atom stereocenters. The van der Waals surface area contributed by atoms with Crippen LogP contribution in [0.4, 0.5) is 4.79 Å². The lowest BCUT2D eigenvalue weighted by Gasteiger charge is -2.31. The molecule has 3 rings (SSSR count). The summed E-state index contributed by atoms with van der Waals surface area (Å²) in [5.41, 5.74) is 3.39. The molecule has 0 spiro atoms. The average Bonchev–Trinajstić information content (AvgIpc) is 3.06. The van der Waals surface area contributed by atoms with E-state index in [1.54, 1.807) is 18.3 Å². The summed E-state index contributed by atoms with van der Waals surface area (Å²) in [6.07, 6.45) is 3.22. The van der Waals surface area contributed by atoms with Crippen molar-refractivity contribution < 1.29 is 14.6 Å². The zero-order valence-electron chi connectivity index (χ0n) is 17.6. The number of nitriles is 1. The number of nitrogens with one attached hydrogen (secondary N) is 1. The number of fused-ring (bicyclic) bond motifs is 1. The zero-order chi connectivity index (χ0) is 21.9. The molecule has 2 heterocycles. The van der Waals surface area contributed by atoms with E-state index >= 15 is 0 Å². The smallest absolute Gasteiger partial charge is 0.405 e. The molecule has 0 aliphatic carbocycles. The number of aromatic nitrogens is 2. The van der Waals surface area contributed by atoms with E-state index in [9.17, 15) is 15.2 Å². The van der Waals surface area contributed by atoms with Crippen LogP contribution >= 0.6 is 0 Å². The molecule has 0 fully saturated rings. The molecule has 0 saturated heterocycles. The van der Waals surface area contributed by atoms with E-state index in [4.69, 9.17) is 4.74 Å². The number of amides is 1.